The molecule has 8 heteroatoms. The molecule has 0 radical (unpaired) electrons. The van der Waals surface area contributed by atoms with E-state index in [-0.39, 0.29) is 5.91 Å². The summed E-state index contributed by atoms with van der Waals surface area (Å²) >= 11 is 0. The summed E-state index contributed by atoms with van der Waals surface area (Å²) in [5, 5.41) is 11.0. The van der Waals surface area contributed by atoms with Gasteiger partial charge in [0.15, 0.2) is 0 Å². The number of ether oxygens (including phenoxy) is 1. The molecule has 0 aromatic heterocycles. The summed E-state index contributed by atoms with van der Waals surface area (Å²) in [6.07, 6.45) is 13.7. The van der Waals surface area contributed by atoms with Gasteiger partial charge in [0.1, 0.15) is 0 Å². The number of esters is 2. The van der Waals surface area contributed by atoms with Crippen LogP contribution in [0, 0.1) is 11.8 Å². The SMILES string of the molecule is CCCCC(CC)CN.CCCCC(CC)CNC(=O)/C=C\C(=O)O.O=C1C=CC(=O)O1. The molecule has 0 saturated carbocycles. The third-order valence-electron chi connectivity index (χ3n) is 4.92. The monoisotopic (exact) mass is 454 g/mol. The van der Waals surface area contributed by atoms with E-state index in [1.54, 1.807) is 0 Å². The van der Waals surface area contributed by atoms with E-state index >= 15 is 0 Å². The summed E-state index contributed by atoms with van der Waals surface area (Å²) in [6.45, 7) is 10.2. The molecule has 8 nitrogen and oxygen atoms in total. The number of cyclic esters (lactones) is 2. The van der Waals surface area contributed by atoms with Gasteiger partial charge in [0, 0.05) is 30.8 Å². The minimum Gasteiger partial charge on any atom is -0.478 e. The second-order valence-corrected chi connectivity index (χ2v) is 7.56. The highest BCUT2D eigenvalue weighted by Crippen LogP contribution is 2.11. The molecule has 32 heavy (non-hydrogen) atoms. The van der Waals surface area contributed by atoms with Gasteiger partial charge in [-0.05, 0) is 31.2 Å². The quantitative estimate of drug-likeness (QED) is 0.219. The van der Waals surface area contributed by atoms with E-state index in [9.17, 15) is 19.2 Å². The molecule has 1 aliphatic rings. The average molecular weight is 455 g/mol. The first kappa shape index (κ1) is 31.7. The van der Waals surface area contributed by atoms with Crippen LogP contribution in [-0.2, 0) is 23.9 Å². The summed E-state index contributed by atoms with van der Waals surface area (Å²) in [5.41, 5.74) is 5.52. The molecule has 184 valence electrons. The Balaban J connectivity index is 0. The second-order valence-electron chi connectivity index (χ2n) is 7.56. The maximum absolute atomic E-state index is 11.2. The van der Waals surface area contributed by atoms with Crippen LogP contribution in [0.15, 0.2) is 24.3 Å². The molecule has 0 bridgehead atoms. The van der Waals surface area contributed by atoms with Gasteiger partial charge in [-0.25, -0.2) is 14.4 Å². The van der Waals surface area contributed by atoms with Gasteiger partial charge in [0.05, 0.1) is 0 Å². The number of nitrogens with two attached hydrogens (primary N) is 1. The van der Waals surface area contributed by atoms with E-state index in [1.807, 2.05) is 0 Å². The van der Waals surface area contributed by atoms with Crippen LogP contribution in [0.1, 0.15) is 79.1 Å². The zero-order chi connectivity index (χ0) is 24.8. The molecule has 2 atom stereocenters. The van der Waals surface area contributed by atoms with E-state index in [0.29, 0.717) is 12.5 Å². The lowest BCUT2D eigenvalue weighted by molar-refractivity contribution is -0.150. The number of unbranched alkanes of at least 4 members (excludes halogenated alkanes) is 2. The molecular formula is C24H42N2O6. The summed E-state index contributed by atoms with van der Waals surface area (Å²) in [7, 11) is 0. The standard InChI is InChI=1S/C12H21NO3.C8H19N.C4H2O3/c1-3-5-6-10(4-2)9-13-11(14)7-8-12(15)16;1-3-5-6-8(4-2)7-9;5-3-1-2-4(6)7-3/h7-8,10H,3-6,9H2,1-2H3,(H,13,14)(H,15,16);8H,3-7,9H2,1-2H3;1-2H/b8-7-;;. The van der Waals surface area contributed by atoms with Crippen molar-refractivity contribution in [3.63, 3.8) is 0 Å². The maximum Gasteiger partial charge on any atom is 0.338 e. The van der Waals surface area contributed by atoms with E-state index in [4.69, 9.17) is 10.8 Å². The van der Waals surface area contributed by atoms with Crippen molar-refractivity contribution in [2.45, 2.75) is 79.1 Å². The van der Waals surface area contributed by atoms with E-state index in [2.05, 4.69) is 37.7 Å². The van der Waals surface area contributed by atoms with Crippen molar-refractivity contribution in [3.8, 4) is 0 Å². The van der Waals surface area contributed by atoms with Crippen molar-refractivity contribution in [2.75, 3.05) is 13.1 Å². The summed E-state index contributed by atoms with van der Waals surface area (Å²) in [4.78, 5) is 41.2. The molecule has 0 saturated heterocycles. The van der Waals surface area contributed by atoms with Crippen LogP contribution in [0.25, 0.3) is 0 Å². The van der Waals surface area contributed by atoms with Crippen molar-refractivity contribution in [1.82, 2.24) is 5.32 Å². The average Bonchev–Trinajstić information content (AvgIpc) is 3.16. The Morgan fingerprint density at radius 2 is 1.47 bits per heavy atom. The lowest BCUT2D eigenvalue weighted by Crippen LogP contribution is -2.27. The minimum atomic E-state index is -1.10. The predicted octanol–water partition coefficient (Wildman–Crippen LogP) is 3.75. The number of carboxylic acid groups (broad SMARTS) is 1. The van der Waals surface area contributed by atoms with Gasteiger partial charge < -0.3 is 20.9 Å². The van der Waals surface area contributed by atoms with Crippen LogP contribution < -0.4 is 11.1 Å². The zero-order valence-corrected chi connectivity index (χ0v) is 20.1. The first-order chi connectivity index (χ1) is 15.2. The molecule has 0 fully saturated rings. The smallest absolute Gasteiger partial charge is 0.338 e. The Morgan fingerprint density at radius 1 is 0.969 bits per heavy atom. The Kier molecular flexibility index (Phi) is 21.5. The molecule has 1 aliphatic heterocycles. The summed E-state index contributed by atoms with van der Waals surface area (Å²) in [6, 6.07) is 0. The highest BCUT2D eigenvalue weighted by Gasteiger charge is 2.10. The summed E-state index contributed by atoms with van der Waals surface area (Å²) in [5.74, 6) is -1.33. The number of aliphatic carboxylic acids is 1. The fourth-order valence-corrected chi connectivity index (χ4v) is 2.68. The number of amides is 1. The van der Waals surface area contributed by atoms with Crippen molar-refractivity contribution in [3.05, 3.63) is 24.3 Å². The lowest BCUT2D eigenvalue weighted by Gasteiger charge is -2.14. The Bertz CT molecular complexity index is 581. The number of hydrogen-bond donors (Lipinski definition) is 3. The number of carbonyl (C=O) groups is 4. The van der Waals surface area contributed by atoms with Crippen LogP contribution >= 0.6 is 0 Å². The van der Waals surface area contributed by atoms with E-state index in [0.717, 1.165) is 56.0 Å². The topological polar surface area (TPSA) is 136 Å². The fourth-order valence-electron chi connectivity index (χ4n) is 2.68. The van der Waals surface area contributed by atoms with Crippen LogP contribution in [0.3, 0.4) is 0 Å². The van der Waals surface area contributed by atoms with E-state index in [1.165, 1.54) is 32.1 Å². The Hall–Kier alpha value is -2.48. The van der Waals surface area contributed by atoms with Gasteiger partial charge in [-0.2, -0.15) is 0 Å². The van der Waals surface area contributed by atoms with Crippen molar-refractivity contribution >= 4 is 23.8 Å². The van der Waals surface area contributed by atoms with Crippen LogP contribution in [0.2, 0.25) is 0 Å². The first-order valence-electron chi connectivity index (χ1n) is 11.6. The summed E-state index contributed by atoms with van der Waals surface area (Å²) < 4.78 is 3.97. The highest BCUT2D eigenvalue weighted by atomic mass is 16.6. The van der Waals surface area contributed by atoms with Gasteiger partial charge in [-0.1, -0.05) is 66.2 Å². The van der Waals surface area contributed by atoms with Crippen LogP contribution in [0.4, 0.5) is 0 Å². The van der Waals surface area contributed by atoms with Crippen LogP contribution in [0.5, 0.6) is 0 Å². The second kappa shape index (κ2) is 21.7. The normalized spacial score (nSPS) is 14.0. The van der Waals surface area contributed by atoms with E-state index < -0.39 is 17.9 Å². The largest absolute Gasteiger partial charge is 0.478 e. The highest BCUT2D eigenvalue weighted by molar-refractivity contribution is 6.04. The maximum atomic E-state index is 11.2. The molecule has 0 aromatic carbocycles. The molecule has 1 heterocycles. The number of rotatable bonds is 13. The third kappa shape index (κ3) is 20.8. The number of carboxylic acids is 1. The molecule has 2 unspecified atom stereocenters. The van der Waals surface area contributed by atoms with Crippen LogP contribution in [-0.4, -0.2) is 42.0 Å². The molecule has 0 spiro atoms. The number of nitrogens with one attached hydrogen (secondary N) is 1. The van der Waals surface area contributed by atoms with Crippen molar-refractivity contribution < 1.29 is 29.0 Å². The molecule has 0 aromatic rings. The number of hydrogen-bond acceptors (Lipinski definition) is 6. The van der Waals surface area contributed by atoms with Gasteiger partial charge in [-0.15, -0.1) is 0 Å². The fraction of sp³-hybridized carbons (Fsp3) is 0.667. The van der Waals surface area contributed by atoms with Gasteiger partial charge >= 0.3 is 17.9 Å². The molecule has 0 aliphatic carbocycles. The van der Waals surface area contributed by atoms with Gasteiger partial charge in [0.2, 0.25) is 5.91 Å². The third-order valence-corrected chi connectivity index (χ3v) is 4.92. The molecule has 4 N–H and O–H groups in total. The lowest BCUT2D eigenvalue weighted by atomic mass is 9.99. The predicted molar refractivity (Wildman–Crippen MR) is 126 cm³/mol. The van der Waals surface area contributed by atoms with Crippen molar-refractivity contribution in [2.24, 2.45) is 17.6 Å². The molecule has 1 amide bonds. The first-order valence-corrected chi connectivity index (χ1v) is 11.6. The van der Waals surface area contributed by atoms with Gasteiger partial charge in [0.25, 0.3) is 0 Å². The zero-order valence-electron chi connectivity index (χ0n) is 20.1. The number of carbonyl (C=O) groups excluding carboxylic acids is 3. The van der Waals surface area contributed by atoms with Crippen molar-refractivity contribution in [1.29, 1.82) is 0 Å². The molecule has 1 rings (SSSR count). The molecular weight excluding hydrogens is 412 g/mol. The Morgan fingerprint density at radius 3 is 1.81 bits per heavy atom. The minimum absolute atomic E-state index is 0.336. The Labute approximate surface area is 192 Å². The van der Waals surface area contributed by atoms with Gasteiger partial charge in [-0.3, -0.25) is 4.79 Å².